The largest absolute Gasteiger partial charge is 0.469 e. The highest BCUT2D eigenvalue weighted by atomic mass is 16.5. The lowest BCUT2D eigenvalue weighted by Crippen LogP contribution is -2.39. The Kier molecular flexibility index (Phi) is 5.32. The van der Waals surface area contributed by atoms with Crippen LogP contribution in [-0.4, -0.2) is 36.7 Å². The summed E-state index contributed by atoms with van der Waals surface area (Å²) in [5, 5.41) is 12.0. The molecule has 1 aromatic rings. The van der Waals surface area contributed by atoms with Crippen LogP contribution in [0.5, 0.6) is 0 Å². The van der Waals surface area contributed by atoms with Gasteiger partial charge in [-0.3, -0.25) is 9.59 Å². The number of carbonyl (C=O) groups is 2. The van der Waals surface area contributed by atoms with E-state index in [1.165, 1.54) is 14.0 Å². The van der Waals surface area contributed by atoms with Crippen molar-refractivity contribution in [2.45, 2.75) is 13.0 Å². The zero-order valence-electron chi connectivity index (χ0n) is 10.4. The Bertz CT molecular complexity index is 403. The van der Waals surface area contributed by atoms with Crippen LogP contribution < -0.4 is 5.32 Å². The Morgan fingerprint density at radius 1 is 1.33 bits per heavy atom. The van der Waals surface area contributed by atoms with Crippen molar-refractivity contribution in [2.75, 3.05) is 13.7 Å². The SMILES string of the molecule is COC(=O)[C@@H](CNC(=O)c1ccccc1)[C@@H](C)O. The fraction of sp³-hybridized carbons (Fsp3) is 0.385. The third-order valence-corrected chi connectivity index (χ3v) is 2.60. The van der Waals surface area contributed by atoms with E-state index in [0.29, 0.717) is 5.56 Å². The number of aliphatic hydroxyl groups is 1. The number of benzene rings is 1. The molecule has 5 heteroatoms. The molecule has 0 unspecified atom stereocenters. The fourth-order valence-corrected chi connectivity index (χ4v) is 1.50. The number of ether oxygens (including phenoxy) is 1. The van der Waals surface area contributed by atoms with Crippen molar-refractivity contribution in [1.29, 1.82) is 0 Å². The van der Waals surface area contributed by atoms with E-state index in [-0.39, 0.29) is 12.5 Å². The van der Waals surface area contributed by atoms with Gasteiger partial charge in [-0.05, 0) is 19.1 Å². The van der Waals surface area contributed by atoms with E-state index in [2.05, 4.69) is 10.1 Å². The van der Waals surface area contributed by atoms with Crippen molar-refractivity contribution < 1.29 is 19.4 Å². The number of aliphatic hydroxyl groups excluding tert-OH is 1. The molecule has 0 spiro atoms. The minimum Gasteiger partial charge on any atom is -0.469 e. The lowest BCUT2D eigenvalue weighted by Gasteiger charge is -2.17. The van der Waals surface area contributed by atoms with Crippen LogP contribution in [0.15, 0.2) is 30.3 Å². The predicted molar refractivity (Wildman–Crippen MR) is 66.0 cm³/mol. The molecule has 18 heavy (non-hydrogen) atoms. The topological polar surface area (TPSA) is 75.6 Å². The van der Waals surface area contributed by atoms with Crippen molar-refractivity contribution in [3.8, 4) is 0 Å². The zero-order chi connectivity index (χ0) is 13.5. The second-order valence-corrected chi connectivity index (χ2v) is 3.95. The van der Waals surface area contributed by atoms with E-state index in [4.69, 9.17) is 0 Å². The number of nitrogens with one attached hydrogen (secondary N) is 1. The minimum atomic E-state index is -0.881. The Morgan fingerprint density at radius 3 is 2.44 bits per heavy atom. The first kappa shape index (κ1) is 14.2. The Balaban J connectivity index is 2.58. The van der Waals surface area contributed by atoms with Gasteiger partial charge >= 0.3 is 5.97 Å². The van der Waals surface area contributed by atoms with Crippen LogP contribution in [0.1, 0.15) is 17.3 Å². The van der Waals surface area contributed by atoms with E-state index in [1.807, 2.05) is 6.07 Å². The van der Waals surface area contributed by atoms with Gasteiger partial charge in [-0.2, -0.15) is 0 Å². The van der Waals surface area contributed by atoms with Gasteiger partial charge in [0.1, 0.15) is 0 Å². The number of esters is 1. The highest BCUT2D eigenvalue weighted by Gasteiger charge is 2.25. The third-order valence-electron chi connectivity index (χ3n) is 2.60. The summed E-state index contributed by atoms with van der Waals surface area (Å²) in [6, 6.07) is 8.66. The number of amides is 1. The number of carbonyl (C=O) groups excluding carboxylic acids is 2. The first-order valence-electron chi connectivity index (χ1n) is 5.65. The molecule has 0 aromatic heterocycles. The molecule has 98 valence electrons. The first-order valence-corrected chi connectivity index (χ1v) is 5.65. The van der Waals surface area contributed by atoms with Crippen molar-refractivity contribution in [2.24, 2.45) is 5.92 Å². The molecule has 2 N–H and O–H groups in total. The van der Waals surface area contributed by atoms with Crippen LogP contribution >= 0.6 is 0 Å². The monoisotopic (exact) mass is 251 g/mol. The molecule has 0 aliphatic carbocycles. The summed E-state index contributed by atoms with van der Waals surface area (Å²) < 4.78 is 4.56. The maximum atomic E-state index is 11.7. The molecule has 0 saturated heterocycles. The number of rotatable bonds is 5. The Morgan fingerprint density at radius 2 is 1.94 bits per heavy atom. The molecule has 1 aromatic carbocycles. The summed E-state index contributed by atoms with van der Waals surface area (Å²) in [7, 11) is 1.25. The molecule has 0 radical (unpaired) electrons. The zero-order valence-corrected chi connectivity index (χ0v) is 10.4. The van der Waals surface area contributed by atoms with Gasteiger partial charge in [0, 0.05) is 12.1 Å². The number of methoxy groups -OCH3 is 1. The predicted octanol–water partition coefficient (Wildman–Crippen LogP) is 0.586. The molecule has 2 atom stereocenters. The van der Waals surface area contributed by atoms with Crippen molar-refractivity contribution in [3.63, 3.8) is 0 Å². The molecule has 0 aliphatic rings. The maximum absolute atomic E-state index is 11.7. The van der Waals surface area contributed by atoms with Crippen LogP contribution in [-0.2, 0) is 9.53 Å². The summed E-state index contributed by atoms with van der Waals surface area (Å²) in [4.78, 5) is 23.1. The van der Waals surface area contributed by atoms with Gasteiger partial charge < -0.3 is 15.2 Å². The van der Waals surface area contributed by atoms with E-state index < -0.39 is 18.0 Å². The van der Waals surface area contributed by atoms with Gasteiger partial charge in [0.25, 0.3) is 5.91 Å². The summed E-state index contributed by atoms with van der Waals surface area (Å²) in [6.07, 6.45) is -0.881. The van der Waals surface area contributed by atoms with E-state index in [1.54, 1.807) is 24.3 Å². The normalized spacial score (nSPS) is 13.5. The van der Waals surface area contributed by atoms with Crippen LogP contribution in [0.25, 0.3) is 0 Å². The van der Waals surface area contributed by atoms with Crippen LogP contribution in [0.4, 0.5) is 0 Å². The Labute approximate surface area is 106 Å². The van der Waals surface area contributed by atoms with Gasteiger partial charge in [-0.15, -0.1) is 0 Å². The first-order chi connectivity index (χ1) is 8.56. The molecule has 1 amide bonds. The van der Waals surface area contributed by atoms with Gasteiger partial charge in [-0.1, -0.05) is 18.2 Å². The van der Waals surface area contributed by atoms with Gasteiger partial charge in [0.2, 0.25) is 0 Å². The lowest BCUT2D eigenvalue weighted by atomic mass is 10.0. The van der Waals surface area contributed by atoms with Crippen LogP contribution in [0, 0.1) is 5.92 Å². The fourth-order valence-electron chi connectivity index (χ4n) is 1.50. The number of hydrogen-bond donors (Lipinski definition) is 2. The average molecular weight is 251 g/mol. The third kappa shape index (κ3) is 3.85. The van der Waals surface area contributed by atoms with Crippen molar-refractivity contribution in [1.82, 2.24) is 5.32 Å². The highest BCUT2D eigenvalue weighted by Crippen LogP contribution is 2.05. The van der Waals surface area contributed by atoms with Crippen LogP contribution in [0.3, 0.4) is 0 Å². The molecular formula is C13H17NO4. The van der Waals surface area contributed by atoms with E-state index >= 15 is 0 Å². The quantitative estimate of drug-likeness (QED) is 0.751. The molecule has 0 saturated carbocycles. The summed E-state index contributed by atoms with van der Waals surface area (Å²) in [5.41, 5.74) is 0.506. The molecule has 0 heterocycles. The molecule has 0 fully saturated rings. The van der Waals surface area contributed by atoms with Crippen LogP contribution in [0.2, 0.25) is 0 Å². The van der Waals surface area contributed by atoms with Gasteiger partial charge in [0.05, 0.1) is 19.1 Å². The second kappa shape index (κ2) is 6.76. The number of hydrogen-bond acceptors (Lipinski definition) is 4. The summed E-state index contributed by atoms with van der Waals surface area (Å²) in [5.74, 6) is -1.59. The smallest absolute Gasteiger partial charge is 0.313 e. The molecular weight excluding hydrogens is 234 g/mol. The summed E-state index contributed by atoms with van der Waals surface area (Å²) >= 11 is 0. The Hall–Kier alpha value is -1.88. The minimum absolute atomic E-state index is 0.0397. The van der Waals surface area contributed by atoms with Crippen molar-refractivity contribution in [3.05, 3.63) is 35.9 Å². The van der Waals surface area contributed by atoms with E-state index in [9.17, 15) is 14.7 Å². The highest BCUT2D eigenvalue weighted by molar-refractivity contribution is 5.94. The van der Waals surface area contributed by atoms with Crippen molar-refractivity contribution >= 4 is 11.9 Å². The molecule has 5 nitrogen and oxygen atoms in total. The molecule has 0 aliphatic heterocycles. The lowest BCUT2D eigenvalue weighted by molar-refractivity contribution is -0.148. The summed E-state index contributed by atoms with van der Waals surface area (Å²) in [6.45, 7) is 1.52. The second-order valence-electron chi connectivity index (χ2n) is 3.95. The average Bonchev–Trinajstić information content (AvgIpc) is 2.39. The standard InChI is InChI=1S/C13H17NO4/c1-9(15)11(13(17)18-2)8-14-12(16)10-6-4-3-5-7-10/h3-7,9,11,15H,8H2,1-2H3,(H,14,16)/t9-,11+/m1/s1. The van der Waals surface area contributed by atoms with Gasteiger partial charge in [-0.25, -0.2) is 0 Å². The molecule has 1 rings (SSSR count). The maximum Gasteiger partial charge on any atom is 0.313 e. The molecule has 0 bridgehead atoms. The van der Waals surface area contributed by atoms with E-state index in [0.717, 1.165) is 0 Å². The van der Waals surface area contributed by atoms with Gasteiger partial charge in [0.15, 0.2) is 0 Å².